The number of carbonyl (C=O) groups excluding carboxylic acids is 1. The third-order valence-corrected chi connectivity index (χ3v) is 4.75. The summed E-state index contributed by atoms with van der Waals surface area (Å²) < 4.78 is 7.91. The average molecular weight is 452 g/mol. The average Bonchev–Trinajstić information content (AvgIpc) is 3.38. The van der Waals surface area contributed by atoms with E-state index < -0.39 is 0 Å². The van der Waals surface area contributed by atoms with Crippen molar-refractivity contribution in [3.8, 4) is 17.0 Å². The summed E-state index contributed by atoms with van der Waals surface area (Å²) in [6, 6.07) is 16.9. The molecule has 4 rings (SSSR count). The number of benzene rings is 2. The van der Waals surface area contributed by atoms with Gasteiger partial charge in [-0.15, -0.1) is 0 Å². The molecule has 0 unspecified atom stereocenters. The summed E-state index contributed by atoms with van der Waals surface area (Å²) in [6.45, 7) is 0.612. The fourth-order valence-electron chi connectivity index (χ4n) is 2.91. The Bertz CT molecular complexity index is 1130. The van der Waals surface area contributed by atoms with Crippen molar-refractivity contribution < 1.29 is 9.53 Å². The number of hydrogen-bond acceptors (Lipinski definition) is 4. The molecule has 2 heterocycles. The summed E-state index contributed by atoms with van der Waals surface area (Å²) >= 11 is 3.39. The van der Waals surface area contributed by atoms with Crippen molar-refractivity contribution in [1.82, 2.24) is 20.0 Å². The van der Waals surface area contributed by atoms with Gasteiger partial charge >= 0.3 is 0 Å². The third kappa shape index (κ3) is 4.55. The molecule has 2 aromatic heterocycles. The van der Waals surface area contributed by atoms with Gasteiger partial charge in [-0.3, -0.25) is 14.6 Å². The number of carbonyl (C=O) groups is 1. The van der Waals surface area contributed by atoms with Crippen molar-refractivity contribution in [2.75, 3.05) is 12.4 Å². The lowest BCUT2D eigenvalue weighted by atomic mass is 10.1. The van der Waals surface area contributed by atoms with Crippen LogP contribution in [-0.4, -0.2) is 33.0 Å². The number of nitrogens with one attached hydrogen (secondary N) is 2. The Kier molecular flexibility index (Phi) is 5.44. The molecule has 146 valence electrons. The minimum absolute atomic E-state index is 0.253. The van der Waals surface area contributed by atoms with Crippen molar-refractivity contribution in [3.05, 3.63) is 82.7 Å². The SMILES string of the molecule is COc1ccc(-c2cc(C(=O)Nc3cccc(Cn4cc(Br)cn4)c3)[nH]n2)cc1. The smallest absolute Gasteiger partial charge is 0.273 e. The van der Waals surface area contributed by atoms with Crippen LogP contribution >= 0.6 is 15.9 Å². The van der Waals surface area contributed by atoms with Gasteiger partial charge in [0.2, 0.25) is 0 Å². The maximum atomic E-state index is 12.6. The number of rotatable bonds is 6. The van der Waals surface area contributed by atoms with E-state index in [1.807, 2.05) is 59.4 Å². The predicted molar refractivity (Wildman–Crippen MR) is 114 cm³/mol. The number of halogens is 1. The van der Waals surface area contributed by atoms with Crippen LogP contribution in [0, 0.1) is 0 Å². The molecule has 2 N–H and O–H groups in total. The lowest BCUT2D eigenvalue weighted by molar-refractivity contribution is 0.102. The quantitative estimate of drug-likeness (QED) is 0.456. The van der Waals surface area contributed by atoms with E-state index in [0.29, 0.717) is 23.6 Å². The highest BCUT2D eigenvalue weighted by molar-refractivity contribution is 9.10. The Balaban J connectivity index is 1.45. The van der Waals surface area contributed by atoms with Gasteiger partial charge in [-0.1, -0.05) is 12.1 Å². The topological polar surface area (TPSA) is 84.8 Å². The van der Waals surface area contributed by atoms with Crippen molar-refractivity contribution in [3.63, 3.8) is 0 Å². The van der Waals surface area contributed by atoms with E-state index in [9.17, 15) is 4.79 Å². The molecule has 8 heteroatoms. The van der Waals surface area contributed by atoms with E-state index in [4.69, 9.17) is 4.74 Å². The minimum Gasteiger partial charge on any atom is -0.497 e. The zero-order valence-electron chi connectivity index (χ0n) is 15.6. The molecule has 7 nitrogen and oxygen atoms in total. The largest absolute Gasteiger partial charge is 0.497 e. The van der Waals surface area contributed by atoms with Crippen LogP contribution in [0.2, 0.25) is 0 Å². The molecule has 0 radical (unpaired) electrons. The van der Waals surface area contributed by atoms with Crippen LogP contribution in [0.1, 0.15) is 16.1 Å². The molecule has 1 amide bonds. The van der Waals surface area contributed by atoms with Gasteiger partial charge < -0.3 is 10.1 Å². The van der Waals surface area contributed by atoms with Gasteiger partial charge in [0.25, 0.3) is 5.91 Å². The van der Waals surface area contributed by atoms with E-state index >= 15 is 0 Å². The van der Waals surface area contributed by atoms with Gasteiger partial charge in [-0.05, 0) is 64.0 Å². The molecule has 0 spiro atoms. The highest BCUT2D eigenvalue weighted by Crippen LogP contribution is 2.21. The first kappa shape index (κ1) is 18.9. The second-order valence-electron chi connectivity index (χ2n) is 6.41. The van der Waals surface area contributed by atoms with Crippen molar-refractivity contribution >= 4 is 27.5 Å². The minimum atomic E-state index is -0.253. The molecule has 0 saturated heterocycles. The van der Waals surface area contributed by atoms with Crippen LogP contribution < -0.4 is 10.1 Å². The molecule has 4 aromatic rings. The Morgan fingerprint density at radius 1 is 1.21 bits per heavy atom. The molecule has 0 fully saturated rings. The first-order valence-corrected chi connectivity index (χ1v) is 9.68. The van der Waals surface area contributed by atoms with E-state index in [1.54, 1.807) is 19.4 Å². The zero-order valence-corrected chi connectivity index (χ0v) is 17.2. The molecule has 0 aliphatic carbocycles. The van der Waals surface area contributed by atoms with Crippen LogP contribution in [0.4, 0.5) is 5.69 Å². The third-order valence-electron chi connectivity index (χ3n) is 4.34. The Labute approximate surface area is 175 Å². The predicted octanol–water partition coefficient (Wildman–Crippen LogP) is 4.34. The summed E-state index contributed by atoms with van der Waals surface area (Å²) in [4.78, 5) is 12.6. The maximum absolute atomic E-state index is 12.6. The zero-order chi connectivity index (χ0) is 20.2. The van der Waals surface area contributed by atoms with Gasteiger partial charge in [0.05, 0.1) is 30.0 Å². The van der Waals surface area contributed by atoms with Crippen molar-refractivity contribution in [2.24, 2.45) is 0 Å². The lowest BCUT2D eigenvalue weighted by Gasteiger charge is -2.07. The second kappa shape index (κ2) is 8.32. The number of amides is 1. The summed E-state index contributed by atoms with van der Waals surface area (Å²) in [7, 11) is 1.62. The number of hydrogen-bond donors (Lipinski definition) is 2. The summed E-state index contributed by atoms with van der Waals surface area (Å²) in [5.74, 6) is 0.515. The first-order chi connectivity index (χ1) is 14.1. The second-order valence-corrected chi connectivity index (χ2v) is 7.32. The van der Waals surface area contributed by atoms with E-state index in [2.05, 4.69) is 36.5 Å². The standard InChI is InChI=1S/C21H18BrN5O2/c1-29-18-7-5-15(6-8-18)19-10-20(26-25-19)21(28)24-17-4-2-3-14(9-17)12-27-13-16(22)11-23-27/h2-11,13H,12H2,1H3,(H,24,28)(H,25,26). The number of aromatic amines is 1. The maximum Gasteiger partial charge on any atom is 0.273 e. The van der Waals surface area contributed by atoms with Gasteiger partial charge in [0.1, 0.15) is 11.4 Å². The van der Waals surface area contributed by atoms with Crippen molar-refractivity contribution in [1.29, 1.82) is 0 Å². The molecule has 29 heavy (non-hydrogen) atoms. The fraction of sp³-hybridized carbons (Fsp3) is 0.0952. The molecule has 0 bridgehead atoms. The van der Waals surface area contributed by atoms with Gasteiger partial charge in [0, 0.05) is 17.4 Å². The van der Waals surface area contributed by atoms with Crippen LogP contribution in [0.3, 0.4) is 0 Å². The van der Waals surface area contributed by atoms with Gasteiger partial charge in [-0.2, -0.15) is 10.2 Å². The molecule has 0 aliphatic rings. The molecule has 0 saturated carbocycles. The van der Waals surface area contributed by atoms with Crippen LogP contribution in [0.15, 0.2) is 71.5 Å². The molecule has 2 aromatic carbocycles. The number of ether oxygens (including phenoxy) is 1. The number of anilines is 1. The highest BCUT2D eigenvalue weighted by atomic mass is 79.9. The van der Waals surface area contributed by atoms with Crippen molar-refractivity contribution in [2.45, 2.75) is 6.54 Å². The fourth-order valence-corrected chi connectivity index (χ4v) is 3.23. The molecular weight excluding hydrogens is 434 g/mol. The first-order valence-electron chi connectivity index (χ1n) is 8.89. The summed E-state index contributed by atoms with van der Waals surface area (Å²) in [5, 5.41) is 14.2. The molecular formula is C21H18BrN5O2. The monoisotopic (exact) mass is 451 g/mol. The van der Waals surface area contributed by atoms with Crippen LogP contribution in [0.5, 0.6) is 5.75 Å². The van der Waals surface area contributed by atoms with E-state index in [-0.39, 0.29) is 5.91 Å². The van der Waals surface area contributed by atoms with E-state index in [0.717, 1.165) is 21.3 Å². The number of aromatic nitrogens is 4. The number of H-pyrrole nitrogens is 1. The lowest BCUT2D eigenvalue weighted by Crippen LogP contribution is -2.12. The number of nitrogens with zero attached hydrogens (tertiary/aromatic N) is 3. The van der Waals surface area contributed by atoms with Crippen LogP contribution in [0.25, 0.3) is 11.3 Å². The molecule has 0 aliphatic heterocycles. The van der Waals surface area contributed by atoms with Gasteiger partial charge in [0.15, 0.2) is 0 Å². The molecule has 0 atom stereocenters. The Hall–Kier alpha value is -3.39. The normalized spacial score (nSPS) is 10.7. The summed E-state index contributed by atoms with van der Waals surface area (Å²) in [6.07, 6.45) is 3.64. The highest BCUT2D eigenvalue weighted by Gasteiger charge is 2.12. The summed E-state index contributed by atoms with van der Waals surface area (Å²) in [5.41, 5.74) is 3.71. The number of methoxy groups -OCH3 is 1. The van der Waals surface area contributed by atoms with Crippen LogP contribution in [-0.2, 0) is 6.54 Å². The van der Waals surface area contributed by atoms with Gasteiger partial charge in [-0.25, -0.2) is 0 Å². The Morgan fingerprint density at radius 3 is 2.76 bits per heavy atom. The Morgan fingerprint density at radius 2 is 2.03 bits per heavy atom. The van der Waals surface area contributed by atoms with E-state index in [1.165, 1.54) is 0 Å².